The second-order valence-corrected chi connectivity index (χ2v) is 8.25. The van der Waals surface area contributed by atoms with E-state index in [2.05, 4.69) is 31.1 Å². The molecule has 0 atom stereocenters. The lowest BCUT2D eigenvalue weighted by atomic mass is 10.4. The van der Waals surface area contributed by atoms with Crippen molar-refractivity contribution in [2.75, 3.05) is 6.54 Å². The van der Waals surface area contributed by atoms with Crippen LogP contribution < -0.4 is 5.73 Å². The predicted molar refractivity (Wildman–Crippen MR) is 54.3 cm³/mol. The molecule has 0 unspecified atom stereocenters. The quantitative estimate of drug-likeness (QED) is 0.391. The summed E-state index contributed by atoms with van der Waals surface area (Å²) in [6.07, 6.45) is 3.04. The van der Waals surface area contributed by atoms with Gasteiger partial charge in [0.05, 0.1) is 0 Å². The van der Waals surface area contributed by atoms with Crippen LogP contribution >= 0.6 is 0 Å². The number of allylic oxidation sites excluding steroid dienone is 1. The zero-order valence-corrected chi connectivity index (χ0v) is 8.85. The van der Waals surface area contributed by atoms with E-state index in [1.807, 2.05) is 0 Å². The zero-order valence-electron chi connectivity index (χ0n) is 7.85. The molecule has 0 aliphatic rings. The van der Waals surface area contributed by atoms with Crippen LogP contribution in [0.5, 0.6) is 0 Å². The van der Waals surface area contributed by atoms with Gasteiger partial charge in [-0.1, -0.05) is 25.7 Å². The Kier molecular flexibility index (Phi) is 4.56. The molecule has 2 nitrogen and oxygen atoms in total. The van der Waals surface area contributed by atoms with Crippen LogP contribution in [0.3, 0.4) is 0 Å². The number of rotatable bonds is 2. The Balaban J connectivity index is 4.15. The third kappa shape index (κ3) is 7.26. The summed E-state index contributed by atoms with van der Waals surface area (Å²) >= 11 is 0. The lowest BCUT2D eigenvalue weighted by Gasteiger charge is -2.02. The van der Waals surface area contributed by atoms with Gasteiger partial charge in [0.15, 0.2) is 0 Å². The minimum atomic E-state index is -1.41. The minimum absolute atomic E-state index is 0.150. The van der Waals surface area contributed by atoms with Crippen LogP contribution in [-0.2, 0) is 4.79 Å². The number of ketones is 1. The Morgan fingerprint density at radius 1 is 1.50 bits per heavy atom. The van der Waals surface area contributed by atoms with E-state index >= 15 is 0 Å². The summed E-state index contributed by atoms with van der Waals surface area (Å²) < 4.78 is 0. The van der Waals surface area contributed by atoms with Gasteiger partial charge in [0, 0.05) is 6.54 Å². The Hall–Kier alpha value is -0.853. The van der Waals surface area contributed by atoms with E-state index in [-0.39, 0.29) is 5.78 Å². The van der Waals surface area contributed by atoms with E-state index < -0.39 is 8.07 Å². The molecule has 12 heavy (non-hydrogen) atoms. The van der Waals surface area contributed by atoms with Gasteiger partial charge in [-0.15, -0.1) is 5.54 Å². The van der Waals surface area contributed by atoms with E-state index in [0.717, 1.165) is 0 Å². The molecule has 0 aromatic carbocycles. The van der Waals surface area contributed by atoms with E-state index in [1.54, 1.807) is 6.08 Å². The van der Waals surface area contributed by atoms with Gasteiger partial charge in [-0.25, -0.2) is 0 Å². The molecule has 0 rings (SSSR count). The average molecular weight is 181 g/mol. The SMILES string of the molecule is C[Si](C)(C)C#CC(=O)C=CCN. The van der Waals surface area contributed by atoms with Gasteiger partial charge in [-0.3, -0.25) is 4.79 Å². The third-order valence-electron chi connectivity index (χ3n) is 0.966. The van der Waals surface area contributed by atoms with E-state index in [0.29, 0.717) is 6.54 Å². The number of nitrogens with two attached hydrogens (primary N) is 1. The van der Waals surface area contributed by atoms with Crippen molar-refractivity contribution in [2.24, 2.45) is 5.73 Å². The van der Waals surface area contributed by atoms with Crippen molar-refractivity contribution in [1.82, 2.24) is 0 Å². The topological polar surface area (TPSA) is 43.1 Å². The number of carbonyl (C=O) groups excluding carboxylic acids is 1. The summed E-state index contributed by atoms with van der Waals surface area (Å²) in [6, 6.07) is 0. The van der Waals surface area contributed by atoms with E-state index in [4.69, 9.17) is 5.73 Å². The van der Waals surface area contributed by atoms with Crippen LogP contribution in [0.15, 0.2) is 12.2 Å². The molecule has 0 saturated carbocycles. The lowest BCUT2D eigenvalue weighted by molar-refractivity contribution is -0.109. The van der Waals surface area contributed by atoms with Crippen LogP contribution in [0, 0.1) is 11.5 Å². The molecule has 66 valence electrons. The standard InChI is InChI=1S/C9H15NOSi/c1-12(2,3)8-6-9(11)5-4-7-10/h4-5H,7,10H2,1-3H3. The molecule has 0 fully saturated rings. The fourth-order valence-corrected chi connectivity index (χ4v) is 0.964. The molecule has 3 heteroatoms. The highest BCUT2D eigenvalue weighted by molar-refractivity contribution is 6.84. The largest absolute Gasteiger partial charge is 0.327 e. The summed E-state index contributed by atoms with van der Waals surface area (Å²) in [5.41, 5.74) is 8.16. The van der Waals surface area contributed by atoms with Gasteiger partial charge >= 0.3 is 0 Å². The van der Waals surface area contributed by atoms with Gasteiger partial charge < -0.3 is 5.73 Å². The van der Waals surface area contributed by atoms with Crippen molar-refractivity contribution in [3.8, 4) is 11.5 Å². The first-order valence-corrected chi connectivity index (χ1v) is 7.39. The van der Waals surface area contributed by atoms with E-state index in [1.165, 1.54) is 6.08 Å². The minimum Gasteiger partial charge on any atom is -0.327 e. The molecule has 0 aliphatic heterocycles. The second-order valence-electron chi connectivity index (χ2n) is 3.50. The third-order valence-corrected chi connectivity index (χ3v) is 1.84. The van der Waals surface area contributed by atoms with Crippen molar-refractivity contribution in [3.05, 3.63) is 12.2 Å². The molecule has 0 amide bonds. The van der Waals surface area contributed by atoms with Gasteiger partial charge in [-0.2, -0.15) is 0 Å². The second kappa shape index (κ2) is 4.91. The highest BCUT2D eigenvalue weighted by atomic mass is 28.3. The molecular weight excluding hydrogens is 166 g/mol. The molecule has 0 aromatic heterocycles. The van der Waals surface area contributed by atoms with Crippen molar-refractivity contribution in [2.45, 2.75) is 19.6 Å². The molecule has 0 aromatic rings. The molecule has 2 N–H and O–H groups in total. The highest BCUT2D eigenvalue weighted by Crippen LogP contribution is 1.95. The Morgan fingerprint density at radius 2 is 2.08 bits per heavy atom. The molecule has 0 spiro atoms. The molecule has 0 saturated heterocycles. The summed E-state index contributed by atoms with van der Waals surface area (Å²) in [7, 11) is -1.41. The maximum atomic E-state index is 11.0. The summed E-state index contributed by atoms with van der Waals surface area (Å²) in [6.45, 7) is 6.68. The average Bonchev–Trinajstić information content (AvgIpc) is 1.95. The first kappa shape index (κ1) is 11.1. The van der Waals surface area contributed by atoms with Gasteiger partial charge in [0.2, 0.25) is 5.78 Å². The monoisotopic (exact) mass is 181 g/mol. The van der Waals surface area contributed by atoms with E-state index in [9.17, 15) is 4.79 Å². The van der Waals surface area contributed by atoms with Crippen molar-refractivity contribution < 1.29 is 4.79 Å². The van der Waals surface area contributed by atoms with Crippen LogP contribution in [-0.4, -0.2) is 20.4 Å². The zero-order chi connectivity index (χ0) is 9.61. The highest BCUT2D eigenvalue weighted by Gasteiger charge is 2.07. The Morgan fingerprint density at radius 3 is 2.50 bits per heavy atom. The molecule has 0 heterocycles. The maximum Gasteiger partial charge on any atom is 0.227 e. The van der Waals surface area contributed by atoms with Crippen LogP contribution in [0.2, 0.25) is 19.6 Å². The van der Waals surface area contributed by atoms with Gasteiger partial charge in [-0.05, 0) is 12.0 Å². The first-order chi connectivity index (χ1) is 5.45. The molecule has 0 bridgehead atoms. The number of hydrogen-bond donors (Lipinski definition) is 1. The number of hydrogen-bond acceptors (Lipinski definition) is 2. The molecular formula is C9H15NOSi. The van der Waals surface area contributed by atoms with Crippen LogP contribution in [0.4, 0.5) is 0 Å². The summed E-state index contributed by atoms with van der Waals surface area (Å²) in [4.78, 5) is 11.0. The fraction of sp³-hybridized carbons (Fsp3) is 0.444. The van der Waals surface area contributed by atoms with Crippen molar-refractivity contribution in [1.29, 1.82) is 0 Å². The van der Waals surface area contributed by atoms with Gasteiger partial charge in [0.25, 0.3) is 0 Å². The normalized spacial score (nSPS) is 11.0. The fourth-order valence-electron chi connectivity index (χ4n) is 0.466. The first-order valence-electron chi connectivity index (χ1n) is 3.89. The van der Waals surface area contributed by atoms with Crippen molar-refractivity contribution >= 4 is 13.9 Å². The van der Waals surface area contributed by atoms with Crippen LogP contribution in [0.1, 0.15) is 0 Å². The summed E-state index contributed by atoms with van der Waals surface area (Å²) in [5, 5.41) is 0. The number of carbonyl (C=O) groups is 1. The Labute approximate surface area is 74.9 Å². The van der Waals surface area contributed by atoms with Crippen molar-refractivity contribution in [3.63, 3.8) is 0 Å². The smallest absolute Gasteiger partial charge is 0.227 e. The van der Waals surface area contributed by atoms with Crippen LogP contribution in [0.25, 0.3) is 0 Å². The predicted octanol–water partition coefficient (Wildman–Crippen LogP) is 0.951. The lowest BCUT2D eigenvalue weighted by Crippen LogP contribution is -2.16. The van der Waals surface area contributed by atoms with Gasteiger partial charge in [0.1, 0.15) is 8.07 Å². The Bertz CT molecular complexity index is 239. The maximum absolute atomic E-state index is 11.0. The molecule has 0 aliphatic carbocycles. The molecule has 0 radical (unpaired) electrons. The summed E-state index contributed by atoms with van der Waals surface area (Å²) in [5.74, 6) is 2.44.